The molecule has 2 aromatic carbocycles. The summed E-state index contributed by atoms with van der Waals surface area (Å²) in [5, 5.41) is 0. The van der Waals surface area contributed by atoms with E-state index in [9.17, 15) is 9.18 Å². The highest BCUT2D eigenvalue weighted by molar-refractivity contribution is 5.87. The van der Waals surface area contributed by atoms with Gasteiger partial charge in [-0.15, -0.1) is 0 Å². The van der Waals surface area contributed by atoms with Crippen molar-refractivity contribution in [2.45, 2.75) is 0 Å². The summed E-state index contributed by atoms with van der Waals surface area (Å²) in [5.74, 6) is 0.222. The van der Waals surface area contributed by atoms with Crippen molar-refractivity contribution >= 4 is 17.7 Å². The van der Waals surface area contributed by atoms with Gasteiger partial charge < -0.3 is 9.64 Å². The normalized spacial score (nSPS) is 10.1. The van der Waals surface area contributed by atoms with Gasteiger partial charge in [-0.1, -0.05) is 6.07 Å². The Balaban J connectivity index is 2.40. The Kier molecular flexibility index (Phi) is 3.80. The minimum atomic E-state index is -0.520. The van der Waals surface area contributed by atoms with Crippen LogP contribution in [0.3, 0.4) is 0 Å². The Morgan fingerprint density at radius 2 is 1.84 bits per heavy atom. The summed E-state index contributed by atoms with van der Waals surface area (Å²) in [6, 6.07) is 11.9. The van der Waals surface area contributed by atoms with E-state index in [0.717, 1.165) is 11.4 Å². The molecule has 4 heteroatoms. The van der Waals surface area contributed by atoms with Crippen LogP contribution in [-0.2, 0) is 0 Å². The van der Waals surface area contributed by atoms with Crippen LogP contribution in [0.1, 0.15) is 10.4 Å². The lowest BCUT2D eigenvalue weighted by atomic mass is 10.1. The minimum Gasteiger partial charge on any atom is -0.497 e. The third-order valence-electron chi connectivity index (χ3n) is 2.97. The number of methoxy groups -OCH3 is 1. The number of ether oxygens (including phenoxy) is 1. The van der Waals surface area contributed by atoms with Crippen molar-refractivity contribution in [3.05, 3.63) is 53.8 Å². The molecule has 0 unspecified atom stereocenters. The van der Waals surface area contributed by atoms with Gasteiger partial charge in [-0.05, 0) is 36.4 Å². The molecule has 0 spiro atoms. The van der Waals surface area contributed by atoms with E-state index in [1.807, 2.05) is 24.3 Å². The fraction of sp³-hybridized carbons (Fsp3) is 0.133. The molecule has 0 N–H and O–H groups in total. The highest BCUT2D eigenvalue weighted by Crippen LogP contribution is 2.28. The molecule has 0 saturated heterocycles. The number of anilines is 2. The van der Waals surface area contributed by atoms with Crippen LogP contribution < -0.4 is 9.64 Å². The van der Waals surface area contributed by atoms with Gasteiger partial charge in [0.2, 0.25) is 0 Å². The summed E-state index contributed by atoms with van der Waals surface area (Å²) >= 11 is 0. The third-order valence-corrected chi connectivity index (χ3v) is 2.97. The average molecular weight is 259 g/mol. The molecule has 0 atom stereocenters. The fourth-order valence-corrected chi connectivity index (χ4v) is 1.88. The smallest absolute Gasteiger partial charge is 0.155 e. The van der Waals surface area contributed by atoms with Crippen LogP contribution in [0.2, 0.25) is 0 Å². The maximum absolute atomic E-state index is 13.6. The maximum Gasteiger partial charge on any atom is 0.155 e. The molecular weight excluding hydrogens is 245 g/mol. The van der Waals surface area contributed by atoms with Crippen molar-refractivity contribution in [2.24, 2.45) is 0 Å². The Morgan fingerprint density at radius 1 is 1.16 bits per heavy atom. The second-order valence-electron chi connectivity index (χ2n) is 4.05. The number of aldehydes is 1. The Labute approximate surface area is 111 Å². The predicted molar refractivity (Wildman–Crippen MR) is 72.8 cm³/mol. The molecule has 98 valence electrons. The number of hydrogen-bond acceptors (Lipinski definition) is 3. The lowest BCUT2D eigenvalue weighted by Gasteiger charge is -2.21. The Hall–Kier alpha value is -2.36. The summed E-state index contributed by atoms with van der Waals surface area (Å²) in [4.78, 5) is 12.8. The van der Waals surface area contributed by atoms with E-state index >= 15 is 0 Å². The molecule has 3 nitrogen and oxygen atoms in total. The fourth-order valence-electron chi connectivity index (χ4n) is 1.88. The lowest BCUT2D eigenvalue weighted by molar-refractivity contribution is 0.112. The van der Waals surface area contributed by atoms with E-state index in [4.69, 9.17) is 4.74 Å². The van der Waals surface area contributed by atoms with E-state index in [1.165, 1.54) is 6.07 Å². The summed E-state index contributed by atoms with van der Waals surface area (Å²) in [6.45, 7) is 0. The number of benzene rings is 2. The molecule has 19 heavy (non-hydrogen) atoms. The molecule has 0 aliphatic heterocycles. The van der Waals surface area contributed by atoms with Crippen LogP contribution in [-0.4, -0.2) is 20.4 Å². The van der Waals surface area contributed by atoms with Gasteiger partial charge in [0, 0.05) is 12.7 Å². The number of nitrogens with zero attached hydrogens (tertiary/aromatic N) is 1. The first-order valence-electron chi connectivity index (χ1n) is 5.79. The van der Waals surface area contributed by atoms with Crippen LogP contribution in [0.4, 0.5) is 15.8 Å². The van der Waals surface area contributed by atoms with Gasteiger partial charge in [0.1, 0.15) is 11.6 Å². The summed E-state index contributed by atoms with van der Waals surface area (Å²) in [5.41, 5.74) is 1.43. The third kappa shape index (κ3) is 2.57. The molecule has 0 aromatic heterocycles. The monoisotopic (exact) mass is 259 g/mol. The van der Waals surface area contributed by atoms with Crippen LogP contribution in [0.5, 0.6) is 5.75 Å². The van der Waals surface area contributed by atoms with Crippen LogP contribution >= 0.6 is 0 Å². The molecule has 2 aromatic rings. The molecule has 0 radical (unpaired) electrons. The van der Waals surface area contributed by atoms with Crippen LogP contribution in [0.25, 0.3) is 0 Å². The number of hydrogen-bond donors (Lipinski definition) is 0. The van der Waals surface area contributed by atoms with Gasteiger partial charge in [-0.25, -0.2) is 4.39 Å². The van der Waals surface area contributed by atoms with E-state index in [2.05, 4.69) is 0 Å². The molecule has 0 fully saturated rings. The van der Waals surface area contributed by atoms with Crippen molar-refractivity contribution < 1.29 is 13.9 Å². The maximum atomic E-state index is 13.6. The largest absolute Gasteiger partial charge is 0.497 e. The molecule has 0 aliphatic carbocycles. The highest BCUT2D eigenvalue weighted by atomic mass is 19.1. The zero-order valence-corrected chi connectivity index (χ0v) is 10.8. The predicted octanol–water partition coefficient (Wildman–Crippen LogP) is 3.41. The summed E-state index contributed by atoms with van der Waals surface area (Å²) in [6.07, 6.45) is 0.532. The number of halogens is 1. The van der Waals surface area contributed by atoms with Crippen molar-refractivity contribution in [1.29, 1.82) is 0 Å². The second-order valence-corrected chi connectivity index (χ2v) is 4.05. The topological polar surface area (TPSA) is 29.5 Å². The number of rotatable bonds is 4. The molecule has 0 bridgehead atoms. The van der Waals surface area contributed by atoms with Crippen LogP contribution in [0.15, 0.2) is 42.5 Å². The summed E-state index contributed by atoms with van der Waals surface area (Å²) < 4.78 is 18.7. The number of carbonyl (C=O) groups excluding carboxylic acids is 1. The van der Waals surface area contributed by atoms with E-state index < -0.39 is 5.82 Å². The van der Waals surface area contributed by atoms with Gasteiger partial charge >= 0.3 is 0 Å². The first kappa shape index (κ1) is 13.1. The van der Waals surface area contributed by atoms with Crippen molar-refractivity contribution in [3.8, 4) is 5.75 Å². The molecule has 0 aliphatic rings. The molecule has 0 amide bonds. The van der Waals surface area contributed by atoms with E-state index in [-0.39, 0.29) is 5.56 Å². The first-order chi connectivity index (χ1) is 9.17. The minimum absolute atomic E-state index is 0.0563. The van der Waals surface area contributed by atoms with Gasteiger partial charge in [0.25, 0.3) is 0 Å². The van der Waals surface area contributed by atoms with Gasteiger partial charge in [0.15, 0.2) is 6.29 Å². The molecule has 0 saturated carbocycles. The number of carbonyl (C=O) groups is 1. The van der Waals surface area contributed by atoms with Gasteiger partial charge in [-0.2, -0.15) is 0 Å². The van der Waals surface area contributed by atoms with Crippen molar-refractivity contribution in [1.82, 2.24) is 0 Å². The molecule has 0 heterocycles. The van der Waals surface area contributed by atoms with Crippen molar-refractivity contribution in [3.63, 3.8) is 0 Å². The quantitative estimate of drug-likeness (QED) is 0.788. The highest BCUT2D eigenvalue weighted by Gasteiger charge is 2.12. The zero-order chi connectivity index (χ0) is 13.8. The SMILES string of the molecule is COc1ccc(N(C)c2cccc(F)c2C=O)cc1. The van der Waals surface area contributed by atoms with Gasteiger partial charge in [0.05, 0.1) is 18.4 Å². The molecule has 2 rings (SSSR count). The lowest BCUT2D eigenvalue weighted by Crippen LogP contribution is -2.12. The standard InChI is InChI=1S/C15H14FNO2/c1-17(11-6-8-12(19-2)9-7-11)15-5-3-4-14(16)13(15)10-18/h3-10H,1-2H3. The van der Waals surface area contributed by atoms with Gasteiger partial charge in [-0.3, -0.25) is 4.79 Å². The second kappa shape index (κ2) is 5.52. The Morgan fingerprint density at radius 3 is 2.42 bits per heavy atom. The van der Waals surface area contributed by atoms with Crippen LogP contribution in [0, 0.1) is 5.82 Å². The van der Waals surface area contributed by atoms with E-state index in [0.29, 0.717) is 12.0 Å². The van der Waals surface area contributed by atoms with Crippen molar-refractivity contribution in [2.75, 3.05) is 19.1 Å². The average Bonchev–Trinajstić information content (AvgIpc) is 2.46. The first-order valence-corrected chi connectivity index (χ1v) is 5.79. The Bertz CT molecular complexity index is 581. The molecular formula is C15H14FNO2. The summed E-state index contributed by atoms with van der Waals surface area (Å²) in [7, 11) is 3.37. The zero-order valence-electron chi connectivity index (χ0n) is 10.8. The van der Waals surface area contributed by atoms with E-state index in [1.54, 1.807) is 31.2 Å².